The first-order valence-electron chi connectivity index (χ1n) is 8.97. The van der Waals surface area contributed by atoms with Crippen molar-refractivity contribution in [2.45, 2.75) is 44.2 Å². The predicted molar refractivity (Wildman–Crippen MR) is 100 cm³/mol. The van der Waals surface area contributed by atoms with Gasteiger partial charge in [0.05, 0.1) is 0 Å². The monoisotopic (exact) mass is 375 g/mol. The number of halogens is 2. The Morgan fingerprint density at radius 3 is 2.65 bits per heavy atom. The van der Waals surface area contributed by atoms with E-state index in [9.17, 15) is 14.3 Å². The summed E-state index contributed by atoms with van der Waals surface area (Å²) in [6.45, 7) is 1.18. The molecular weight excluding hydrogens is 353 g/mol. The fraction of sp³-hybridized carbons (Fsp3) is 0.381. The van der Waals surface area contributed by atoms with Crippen LogP contribution in [0.3, 0.4) is 0 Å². The SMILES string of the molecule is O=C1N(Cc2ccccc2)CCC[C@@]1(O)CCCc1cc(F)cc(Cl)c1. The number of rotatable bonds is 6. The maximum absolute atomic E-state index is 13.4. The number of amides is 1. The first-order chi connectivity index (χ1) is 12.5. The summed E-state index contributed by atoms with van der Waals surface area (Å²) in [4.78, 5) is 14.5. The summed E-state index contributed by atoms with van der Waals surface area (Å²) < 4.78 is 13.4. The second-order valence-electron chi connectivity index (χ2n) is 6.98. The molecule has 3 rings (SSSR count). The first-order valence-corrected chi connectivity index (χ1v) is 9.35. The highest BCUT2D eigenvalue weighted by molar-refractivity contribution is 6.30. The molecule has 1 heterocycles. The maximum atomic E-state index is 13.4. The van der Waals surface area contributed by atoms with Gasteiger partial charge in [-0.2, -0.15) is 0 Å². The van der Waals surface area contributed by atoms with Gasteiger partial charge in [0, 0.05) is 18.1 Å². The van der Waals surface area contributed by atoms with E-state index in [1.54, 1.807) is 11.0 Å². The molecular formula is C21H23ClFNO2. The van der Waals surface area contributed by atoms with Crippen LogP contribution in [0, 0.1) is 5.82 Å². The van der Waals surface area contributed by atoms with Crippen LogP contribution in [-0.2, 0) is 17.8 Å². The normalized spacial score (nSPS) is 20.4. The lowest BCUT2D eigenvalue weighted by atomic mass is 9.86. The van der Waals surface area contributed by atoms with Crippen molar-refractivity contribution in [1.29, 1.82) is 0 Å². The van der Waals surface area contributed by atoms with Crippen LogP contribution in [0.25, 0.3) is 0 Å². The molecule has 0 saturated carbocycles. The number of nitrogens with zero attached hydrogens (tertiary/aromatic N) is 1. The van der Waals surface area contributed by atoms with Crippen molar-refractivity contribution in [2.75, 3.05) is 6.54 Å². The van der Waals surface area contributed by atoms with Crippen LogP contribution in [0.4, 0.5) is 4.39 Å². The minimum absolute atomic E-state index is 0.204. The zero-order valence-corrected chi connectivity index (χ0v) is 15.4. The average Bonchev–Trinajstić information content (AvgIpc) is 2.59. The van der Waals surface area contributed by atoms with Gasteiger partial charge < -0.3 is 10.0 Å². The summed E-state index contributed by atoms with van der Waals surface area (Å²) in [6, 6.07) is 14.2. The fourth-order valence-corrected chi connectivity index (χ4v) is 3.84. The third kappa shape index (κ3) is 4.63. The van der Waals surface area contributed by atoms with Crippen LogP contribution in [0.2, 0.25) is 5.02 Å². The quantitative estimate of drug-likeness (QED) is 0.815. The van der Waals surface area contributed by atoms with Crippen molar-refractivity contribution in [3.63, 3.8) is 0 Å². The lowest BCUT2D eigenvalue weighted by molar-refractivity contribution is -0.158. The van der Waals surface area contributed by atoms with E-state index in [4.69, 9.17) is 11.6 Å². The molecule has 5 heteroatoms. The van der Waals surface area contributed by atoms with Gasteiger partial charge in [0.1, 0.15) is 11.4 Å². The van der Waals surface area contributed by atoms with Gasteiger partial charge in [0.2, 0.25) is 0 Å². The number of carbonyl (C=O) groups excluding carboxylic acids is 1. The van der Waals surface area contributed by atoms with E-state index in [1.807, 2.05) is 30.3 Å². The summed E-state index contributed by atoms with van der Waals surface area (Å²) in [5.41, 5.74) is 0.506. The minimum atomic E-state index is -1.33. The Hall–Kier alpha value is -1.91. The highest BCUT2D eigenvalue weighted by Crippen LogP contribution is 2.29. The molecule has 3 nitrogen and oxygen atoms in total. The molecule has 2 aromatic carbocycles. The smallest absolute Gasteiger partial charge is 0.254 e. The van der Waals surface area contributed by atoms with Crippen molar-refractivity contribution in [3.8, 4) is 0 Å². The standard InChI is InChI=1S/C21H23ClFNO2/c22-18-12-17(13-19(23)14-18)8-4-9-21(26)10-5-11-24(20(21)25)15-16-6-2-1-3-7-16/h1-3,6-7,12-14,26H,4-5,8-11,15H2/t21-/m0/s1. The second-order valence-corrected chi connectivity index (χ2v) is 7.42. The average molecular weight is 376 g/mol. The first kappa shape index (κ1) is 18.9. The van der Waals surface area contributed by atoms with Gasteiger partial charge in [-0.1, -0.05) is 41.9 Å². The highest BCUT2D eigenvalue weighted by Gasteiger charge is 2.41. The van der Waals surface area contributed by atoms with Gasteiger partial charge in [-0.05, 0) is 61.4 Å². The van der Waals surface area contributed by atoms with E-state index < -0.39 is 5.60 Å². The third-order valence-corrected chi connectivity index (χ3v) is 5.12. The lowest BCUT2D eigenvalue weighted by Crippen LogP contribution is -2.53. The molecule has 1 amide bonds. The molecule has 0 bridgehead atoms. The molecule has 0 unspecified atom stereocenters. The summed E-state index contributed by atoms with van der Waals surface area (Å²) in [6.07, 6.45) is 2.79. The summed E-state index contributed by atoms with van der Waals surface area (Å²) in [5, 5.41) is 11.2. The molecule has 0 spiro atoms. The van der Waals surface area contributed by atoms with E-state index in [0.29, 0.717) is 43.8 Å². The molecule has 1 fully saturated rings. The van der Waals surface area contributed by atoms with Crippen molar-refractivity contribution in [3.05, 3.63) is 70.5 Å². The van der Waals surface area contributed by atoms with Crippen molar-refractivity contribution in [2.24, 2.45) is 0 Å². The third-order valence-electron chi connectivity index (χ3n) is 4.90. The fourth-order valence-electron chi connectivity index (χ4n) is 3.59. The van der Waals surface area contributed by atoms with Crippen LogP contribution in [0.5, 0.6) is 0 Å². The Balaban J connectivity index is 1.60. The molecule has 0 aromatic heterocycles. The van der Waals surface area contributed by atoms with E-state index in [-0.39, 0.29) is 11.7 Å². The van der Waals surface area contributed by atoms with Gasteiger partial charge in [-0.3, -0.25) is 4.79 Å². The number of carbonyl (C=O) groups is 1. The zero-order chi connectivity index (χ0) is 18.6. The number of aryl methyl sites for hydroxylation is 1. The number of piperidine rings is 1. The minimum Gasteiger partial charge on any atom is -0.380 e. The summed E-state index contributed by atoms with van der Waals surface area (Å²) >= 11 is 5.87. The van der Waals surface area contributed by atoms with Crippen molar-refractivity contribution in [1.82, 2.24) is 4.90 Å². The Morgan fingerprint density at radius 1 is 1.15 bits per heavy atom. The predicted octanol–water partition coefficient (Wildman–Crippen LogP) is 4.36. The van der Waals surface area contributed by atoms with Gasteiger partial charge in [-0.15, -0.1) is 0 Å². The van der Waals surface area contributed by atoms with Crippen LogP contribution in [-0.4, -0.2) is 28.1 Å². The van der Waals surface area contributed by atoms with Crippen LogP contribution in [0.15, 0.2) is 48.5 Å². The summed E-state index contributed by atoms with van der Waals surface area (Å²) in [7, 11) is 0. The van der Waals surface area contributed by atoms with Gasteiger partial charge in [-0.25, -0.2) is 4.39 Å². The van der Waals surface area contributed by atoms with E-state index >= 15 is 0 Å². The topological polar surface area (TPSA) is 40.5 Å². The van der Waals surface area contributed by atoms with Crippen LogP contribution >= 0.6 is 11.6 Å². The Labute approximate surface area is 158 Å². The second kappa shape index (κ2) is 8.19. The van der Waals surface area contributed by atoms with Crippen LogP contribution in [0.1, 0.15) is 36.8 Å². The molecule has 0 aliphatic carbocycles. The molecule has 1 aliphatic heterocycles. The number of aliphatic hydroxyl groups is 1. The van der Waals surface area contributed by atoms with Gasteiger partial charge in [0.25, 0.3) is 5.91 Å². The largest absolute Gasteiger partial charge is 0.380 e. The van der Waals surface area contributed by atoms with Crippen molar-refractivity contribution >= 4 is 17.5 Å². The maximum Gasteiger partial charge on any atom is 0.254 e. The molecule has 1 atom stereocenters. The van der Waals surface area contributed by atoms with Gasteiger partial charge >= 0.3 is 0 Å². The van der Waals surface area contributed by atoms with Gasteiger partial charge in [0.15, 0.2) is 0 Å². The molecule has 0 radical (unpaired) electrons. The molecule has 1 saturated heterocycles. The lowest BCUT2D eigenvalue weighted by Gasteiger charge is -2.38. The molecule has 2 aromatic rings. The van der Waals surface area contributed by atoms with E-state index in [0.717, 1.165) is 17.5 Å². The Bertz CT molecular complexity index is 748. The summed E-state index contributed by atoms with van der Waals surface area (Å²) in [5.74, 6) is -0.570. The van der Waals surface area contributed by atoms with E-state index in [1.165, 1.54) is 12.1 Å². The number of hydrogen-bond donors (Lipinski definition) is 1. The molecule has 1 N–H and O–H groups in total. The zero-order valence-electron chi connectivity index (χ0n) is 14.6. The number of likely N-dealkylation sites (tertiary alicyclic amines) is 1. The number of benzene rings is 2. The molecule has 138 valence electrons. The Kier molecular flexibility index (Phi) is 5.94. The van der Waals surface area contributed by atoms with Crippen molar-refractivity contribution < 1.29 is 14.3 Å². The molecule has 26 heavy (non-hydrogen) atoms. The van der Waals surface area contributed by atoms with E-state index in [2.05, 4.69) is 0 Å². The number of hydrogen-bond acceptors (Lipinski definition) is 2. The Morgan fingerprint density at radius 2 is 1.92 bits per heavy atom. The van der Waals surface area contributed by atoms with Crippen LogP contribution < -0.4 is 0 Å². The highest BCUT2D eigenvalue weighted by atomic mass is 35.5. The molecule has 1 aliphatic rings.